The molecule has 179 valence electrons. The van der Waals surface area contributed by atoms with Gasteiger partial charge in [-0.25, -0.2) is 0 Å². The summed E-state index contributed by atoms with van der Waals surface area (Å²) in [5, 5.41) is 0. The molecule has 1 radical (unpaired) electrons. The second kappa shape index (κ2) is 17.4. The second-order valence-corrected chi connectivity index (χ2v) is 6.98. The fourth-order valence-electron chi connectivity index (χ4n) is 4.16. The van der Waals surface area contributed by atoms with E-state index in [9.17, 15) is 0 Å². The summed E-state index contributed by atoms with van der Waals surface area (Å²) >= 11 is 0. The van der Waals surface area contributed by atoms with E-state index in [4.69, 9.17) is 0 Å². The van der Waals surface area contributed by atoms with E-state index in [2.05, 4.69) is 97.1 Å². The molecular formula is C33H42Y-2. The van der Waals surface area contributed by atoms with Gasteiger partial charge in [-0.1, -0.05) is 132 Å². The molecule has 0 N–H and O–H groups in total. The molecule has 2 aliphatic rings. The summed E-state index contributed by atoms with van der Waals surface area (Å²) in [6.07, 6.45) is 2.21. The van der Waals surface area contributed by atoms with Gasteiger partial charge >= 0.3 is 0 Å². The van der Waals surface area contributed by atoms with Crippen LogP contribution in [0.25, 0.3) is 22.3 Å². The third-order valence-corrected chi connectivity index (χ3v) is 5.41. The number of benzene rings is 4. The minimum Gasteiger partial charge on any atom is -0.358 e. The van der Waals surface area contributed by atoms with Gasteiger partial charge in [-0.3, -0.25) is 0 Å². The van der Waals surface area contributed by atoms with Gasteiger partial charge < -0.3 is 14.9 Å². The summed E-state index contributed by atoms with van der Waals surface area (Å²) in [4.78, 5) is 0. The van der Waals surface area contributed by atoms with Gasteiger partial charge in [0.1, 0.15) is 0 Å². The van der Waals surface area contributed by atoms with Crippen molar-refractivity contribution in [2.24, 2.45) is 0 Å². The first-order valence-corrected chi connectivity index (χ1v) is 11.2. The van der Waals surface area contributed by atoms with Gasteiger partial charge in [0.2, 0.25) is 0 Å². The zero-order valence-corrected chi connectivity index (χ0v) is 24.1. The van der Waals surface area contributed by atoms with Crippen molar-refractivity contribution >= 4 is 0 Å². The molecule has 0 saturated carbocycles. The van der Waals surface area contributed by atoms with Crippen LogP contribution in [0.5, 0.6) is 0 Å². The smallest absolute Gasteiger partial charge is 0 e. The van der Waals surface area contributed by atoms with Gasteiger partial charge in [0.15, 0.2) is 0 Å². The molecule has 0 bridgehead atoms. The van der Waals surface area contributed by atoms with E-state index in [1.165, 1.54) is 44.5 Å². The van der Waals surface area contributed by atoms with Crippen molar-refractivity contribution in [2.75, 3.05) is 0 Å². The third-order valence-electron chi connectivity index (χ3n) is 5.41. The molecule has 0 amide bonds. The minimum absolute atomic E-state index is 0. The maximum Gasteiger partial charge on any atom is 0 e. The van der Waals surface area contributed by atoms with Crippen molar-refractivity contribution in [3.8, 4) is 22.3 Å². The first-order chi connectivity index (χ1) is 14.9. The average molecular weight is 528 g/mol. The van der Waals surface area contributed by atoms with Gasteiger partial charge in [-0.05, 0) is 57.3 Å². The molecule has 1 heteroatoms. The van der Waals surface area contributed by atoms with Crippen LogP contribution in [-0.4, -0.2) is 0 Å². The Morgan fingerprint density at radius 1 is 0.382 bits per heavy atom. The summed E-state index contributed by atoms with van der Waals surface area (Å²) in [6.45, 7) is 8.00. The van der Waals surface area contributed by atoms with Gasteiger partial charge in [-0.15, -0.1) is 0 Å². The van der Waals surface area contributed by atoms with Crippen molar-refractivity contribution in [1.82, 2.24) is 0 Å². The zero-order chi connectivity index (χ0) is 21.3. The molecule has 0 unspecified atom stereocenters. The van der Waals surface area contributed by atoms with Crippen LogP contribution >= 0.6 is 0 Å². The molecule has 0 heterocycles. The fourth-order valence-corrected chi connectivity index (χ4v) is 4.16. The predicted octanol–water partition coefficient (Wildman–Crippen LogP) is 10.1. The third kappa shape index (κ3) is 7.49. The van der Waals surface area contributed by atoms with Crippen molar-refractivity contribution in [2.45, 2.75) is 48.0 Å². The Balaban J connectivity index is 0. The zero-order valence-electron chi connectivity index (χ0n) is 21.2. The maximum atomic E-state index is 2.22. The molecule has 0 spiro atoms. The number of fused-ring (bicyclic) bond motifs is 6. The van der Waals surface area contributed by atoms with E-state index in [0.717, 1.165) is 12.8 Å². The van der Waals surface area contributed by atoms with Crippen molar-refractivity contribution in [3.05, 3.63) is 134 Å². The van der Waals surface area contributed by atoms with E-state index >= 15 is 0 Å². The SMILES string of the molecule is C.CC.CC.[CH3-].[CH3-].[Y].c1ccc2c(c1)Cc1ccccc1-2.c1ccc2c(c1)Cc1ccccc1-2. The Kier molecular flexibility index (Phi) is 17.5. The number of hydrogen-bond donors (Lipinski definition) is 0. The summed E-state index contributed by atoms with van der Waals surface area (Å²) in [5.74, 6) is 0. The van der Waals surface area contributed by atoms with Crippen LogP contribution in [0.15, 0.2) is 97.1 Å². The van der Waals surface area contributed by atoms with Crippen LogP contribution in [0.1, 0.15) is 57.4 Å². The standard InChI is InChI=1S/2C13H10.2C2H6.CH4.2CH3.Y/c2*1-3-7-12-10(5-1)9-11-6-2-4-8-13(11)12;2*1-2;;;;/h2*1-8H,9H2;2*1-2H3;1H4;2*1H3;/q;;;;;2*-1;. The topological polar surface area (TPSA) is 0 Å². The van der Waals surface area contributed by atoms with E-state index < -0.39 is 0 Å². The van der Waals surface area contributed by atoms with Crippen LogP contribution in [0.4, 0.5) is 0 Å². The largest absolute Gasteiger partial charge is 0.358 e. The van der Waals surface area contributed by atoms with E-state index in [1.807, 2.05) is 27.7 Å². The molecule has 6 rings (SSSR count). The molecule has 2 aliphatic carbocycles. The van der Waals surface area contributed by atoms with Crippen LogP contribution in [0, 0.1) is 14.9 Å². The van der Waals surface area contributed by atoms with Crippen LogP contribution in [0.2, 0.25) is 0 Å². The van der Waals surface area contributed by atoms with E-state index in [0.29, 0.717) is 0 Å². The number of rotatable bonds is 0. The second-order valence-electron chi connectivity index (χ2n) is 6.98. The summed E-state index contributed by atoms with van der Waals surface area (Å²) in [6, 6.07) is 34.6. The Morgan fingerprint density at radius 2 is 0.559 bits per heavy atom. The fraction of sp³-hybridized carbons (Fsp3) is 0.212. The Morgan fingerprint density at radius 3 is 0.765 bits per heavy atom. The van der Waals surface area contributed by atoms with E-state index in [1.54, 1.807) is 0 Å². The van der Waals surface area contributed by atoms with Gasteiger partial charge in [0.05, 0.1) is 0 Å². The first kappa shape index (κ1) is 34.2. The van der Waals surface area contributed by atoms with Crippen LogP contribution in [0.3, 0.4) is 0 Å². The first-order valence-electron chi connectivity index (χ1n) is 11.2. The van der Waals surface area contributed by atoms with Crippen LogP contribution < -0.4 is 0 Å². The molecule has 0 nitrogen and oxygen atoms in total. The normalized spacial score (nSPS) is 9.76. The van der Waals surface area contributed by atoms with Crippen molar-refractivity contribution < 1.29 is 32.7 Å². The summed E-state index contributed by atoms with van der Waals surface area (Å²) in [7, 11) is 0. The summed E-state index contributed by atoms with van der Waals surface area (Å²) < 4.78 is 0. The Labute approximate surface area is 235 Å². The van der Waals surface area contributed by atoms with Gasteiger partial charge in [0, 0.05) is 32.7 Å². The van der Waals surface area contributed by atoms with Crippen molar-refractivity contribution in [1.29, 1.82) is 0 Å². The Bertz CT molecular complexity index is 919. The molecule has 0 fully saturated rings. The minimum atomic E-state index is 0. The molecule has 0 aliphatic heterocycles. The quantitative estimate of drug-likeness (QED) is 0.172. The molecule has 34 heavy (non-hydrogen) atoms. The monoisotopic (exact) mass is 527 g/mol. The van der Waals surface area contributed by atoms with Crippen LogP contribution in [-0.2, 0) is 45.6 Å². The molecule has 0 aromatic heterocycles. The molecule has 4 aromatic rings. The summed E-state index contributed by atoms with van der Waals surface area (Å²) in [5.41, 5.74) is 11.5. The molecule has 0 saturated heterocycles. The maximum absolute atomic E-state index is 2.22. The van der Waals surface area contributed by atoms with E-state index in [-0.39, 0.29) is 55.0 Å². The van der Waals surface area contributed by atoms with Crippen molar-refractivity contribution in [3.63, 3.8) is 0 Å². The van der Waals surface area contributed by atoms with Gasteiger partial charge in [0.25, 0.3) is 0 Å². The molecule has 4 aromatic carbocycles. The average Bonchev–Trinajstić information content (AvgIpc) is 3.40. The molecular weight excluding hydrogens is 485 g/mol. The molecule has 0 atom stereocenters. The van der Waals surface area contributed by atoms with Gasteiger partial charge in [-0.2, -0.15) is 0 Å². The predicted molar refractivity (Wildman–Crippen MR) is 152 cm³/mol. The number of hydrogen-bond acceptors (Lipinski definition) is 0. The Hall–Kier alpha value is -2.02.